The minimum atomic E-state index is -4.01. The number of nitrogens with zero attached hydrogens (tertiary/aromatic N) is 2. The summed E-state index contributed by atoms with van der Waals surface area (Å²) in [5.74, 6) is -1.30. The van der Waals surface area contributed by atoms with Crippen molar-refractivity contribution in [2.75, 3.05) is 32.8 Å². The van der Waals surface area contributed by atoms with Gasteiger partial charge < -0.3 is 9.84 Å². The lowest BCUT2D eigenvalue weighted by atomic mass is 9.98. The smallest absolute Gasteiger partial charge is 0.310 e. The molecule has 0 aromatic heterocycles. The zero-order valence-electron chi connectivity index (χ0n) is 16.8. The number of esters is 1. The fourth-order valence-corrected chi connectivity index (χ4v) is 6.29. The number of hydrogen-bond acceptors (Lipinski definition) is 7. The second kappa shape index (κ2) is 9.52. The maximum absolute atomic E-state index is 13.0. The predicted octanol–water partition coefficient (Wildman–Crippen LogP) is 0.652. The molecule has 0 amide bonds. The Kier molecular flexibility index (Phi) is 7.80. The molecule has 2 atom stereocenters. The third-order valence-corrected chi connectivity index (χ3v) is 8.73. The zero-order valence-corrected chi connectivity index (χ0v) is 18.4. The van der Waals surface area contributed by atoms with E-state index in [1.165, 1.54) is 28.6 Å². The van der Waals surface area contributed by atoms with E-state index in [1.54, 1.807) is 20.8 Å². The Morgan fingerprint density at radius 2 is 1.62 bits per heavy atom. The Morgan fingerprint density at radius 3 is 2.14 bits per heavy atom. The first-order valence-electron chi connectivity index (χ1n) is 9.52. The number of aliphatic hydroxyl groups is 1. The molecule has 1 aliphatic heterocycles. The Morgan fingerprint density at radius 1 is 1.07 bits per heavy atom. The quantitative estimate of drug-likeness (QED) is 0.580. The van der Waals surface area contributed by atoms with Crippen molar-refractivity contribution in [1.29, 1.82) is 0 Å². The van der Waals surface area contributed by atoms with E-state index >= 15 is 0 Å². The fourth-order valence-electron chi connectivity index (χ4n) is 3.31. The largest absolute Gasteiger partial charge is 0.466 e. The molecule has 1 N–H and O–H groups in total. The molecule has 29 heavy (non-hydrogen) atoms. The van der Waals surface area contributed by atoms with Gasteiger partial charge in [0, 0.05) is 26.2 Å². The second-order valence-electron chi connectivity index (χ2n) is 6.72. The molecule has 164 valence electrons. The highest BCUT2D eigenvalue weighted by atomic mass is 32.2. The summed E-state index contributed by atoms with van der Waals surface area (Å²) in [4.78, 5) is 11.9. The highest BCUT2D eigenvalue weighted by Gasteiger charge is 2.38. The van der Waals surface area contributed by atoms with E-state index in [0.717, 1.165) is 4.31 Å². The lowest BCUT2D eigenvalue weighted by molar-refractivity contribution is -0.150. The molecule has 1 aromatic carbocycles. The number of ether oxygens (including phenoxy) is 1. The molecule has 2 rings (SSSR count). The number of carbonyl (C=O) groups excluding carboxylic acids is 1. The van der Waals surface area contributed by atoms with Gasteiger partial charge >= 0.3 is 5.97 Å². The van der Waals surface area contributed by atoms with Crippen LogP contribution in [0.3, 0.4) is 0 Å². The number of aliphatic hydroxyl groups excluding tert-OH is 1. The average Bonchev–Trinajstić information content (AvgIpc) is 2.68. The molecule has 1 fully saturated rings. The molecule has 0 spiro atoms. The van der Waals surface area contributed by atoms with Crippen molar-refractivity contribution in [2.24, 2.45) is 5.92 Å². The number of piperidine rings is 1. The Hall–Kier alpha value is -1.53. The van der Waals surface area contributed by atoms with Gasteiger partial charge in [0.05, 0.1) is 28.4 Å². The molecule has 0 bridgehead atoms. The first kappa shape index (κ1) is 23.7. The summed E-state index contributed by atoms with van der Waals surface area (Å²) in [5.41, 5.74) is 0. The van der Waals surface area contributed by atoms with Crippen LogP contribution in [0.15, 0.2) is 34.1 Å². The van der Waals surface area contributed by atoms with Crippen LogP contribution >= 0.6 is 0 Å². The zero-order chi connectivity index (χ0) is 21.8. The lowest BCUT2D eigenvalue weighted by Gasteiger charge is -2.33. The van der Waals surface area contributed by atoms with E-state index in [0.29, 0.717) is 13.1 Å². The number of sulfonamides is 2. The van der Waals surface area contributed by atoms with Crippen LogP contribution in [0.2, 0.25) is 0 Å². The maximum Gasteiger partial charge on any atom is 0.310 e. The van der Waals surface area contributed by atoms with Crippen LogP contribution < -0.4 is 0 Å². The van der Waals surface area contributed by atoms with Gasteiger partial charge in [-0.15, -0.1) is 0 Å². The standard InChI is InChI=1S/C18H28N2O7S2/c1-4-19(5-2)28(23,24)16-7-9-17(10-8-16)29(25,26)20-12-14(11-15(21)13-20)18(22)27-6-3/h7-10,14-15,21H,4-6,11-13H2,1-3H3/t14?,15-/m1/s1. The number of benzene rings is 1. The van der Waals surface area contributed by atoms with E-state index in [4.69, 9.17) is 4.74 Å². The summed E-state index contributed by atoms with van der Waals surface area (Å²) in [6.07, 6.45) is -0.860. The van der Waals surface area contributed by atoms with Crippen LogP contribution in [0.5, 0.6) is 0 Å². The highest BCUT2D eigenvalue weighted by molar-refractivity contribution is 7.89. The van der Waals surface area contributed by atoms with Crippen molar-refractivity contribution in [1.82, 2.24) is 8.61 Å². The molecule has 11 heteroatoms. The van der Waals surface area contributed by atoms with E-state index in [9.17, 15) is 26.7 Å². The molecule has 1 saturated heterocycles. The van der Waals surface area contributed by atoms with Crippen LogP contribution in [0.1, 0.15) is 27.2 Å². The normalized spacial score (nSPS) is 21.3. The van der Waals surface area contributed by atoms with Crippen molar-refractivity contribution in [3.63, 3.8) is 0 Å². The van der Waals surface area contributed by atoms with Crippen molar-refractivity contribution < 1.29 is 31.5 Å². The number of β-amino-alcohol motifs (C(OH)–C–C–N with tert-alkyl or cyclic N) is 1. The van der Waals surface area contributed by atoms with Crippen molar-refractivity contribution in [3.8, 4) is 0 Å². The Balaban J connectivity index is 2.28. The SMILES string of the molecule is CCOC(=O)C1C[C@@H](O)CN(S(=O)(=O)c2ccc(S(=O)(=O)N(CC)CC)cc2)C1. The molecule has 1 unspecified atom stereocenters. The number of hydrogen-bond donors (Lipinski definition) is 1. The molecule has 0 radical (unpaired) electrons. The van der Waals surface area contributed by atoms with Crippen LogP contribution in [0.4, 0.5) is 0 Å². The van der Waals surface area contributed by atoms with Crippen LogP contribution in [-0.2, 0) is 29.6 Å². The Labute approximate surface area is 172 Å². The van der Waals surface area contributed by atoms with E-state index < -0.39 is 38.0 Å². The van der Waals surface area contributed by atoms with Gasteiger partial charge in [-0.2, -0.15) is 8.61 Å². The first-order chi connectivity index (χ1) is 13.6. The monoisotopic (exact) mass is 448 g/mol. The molecule has 0 saturated carbocycles. The van der Waals surface area contributed by atoms with Crippen molar-refractivity contribution >= 4 is 26.0 Å². The molecule has 9 nitrogen and oxygen atoms in total. The third kappa shape index (κ3) is 5.15. The topological polar surface area (TPSA) is 121 Å². The van der Waals surface area contributed by atoms with Gasteiger partial charge in [0.2, 0.25) is 20.0 Å². The minimum absolute atomic E-state index is 0.00299. The minimum Gasteiger partial charge on any atom is -0.466 e. The van der Waals surface area contributed by atoms with Gasteiger partial charge in [-0.1, -0.05) is 13.8 Å². The van der Waals surface area contributed by atoms with Gasteiger partial charge in [-0.25, -0.2) is 16.8 Å². The molecule has 1 aliphatic rings. The fraction of sp³-hybridized carbons (Fsp3) is 0.611. The van der Waals surface area contributed by atoms with Gasteiger partial charge in [-0.3, -0.25) is 4.79 Å². The summed E-state index contributed by atoms with van der Waals surface area (Å²) in [5, 5.41) is 10.0. The van der Waals surface area contributed by atoms with Gasteiger partial charge in [-0.05, 0) is 37.6 Å². The maximum atomic E-state index is 13.0. The number of carbonyl (C=O) groups is 1. The lowest BCUT2D eigenvalue weighted by Crippen LogP contribution is -2.48. The summed E-state index contributed by atoms with van der Waals surface area (Å²) < 4.78 is 58.3. The predicted molar refractivity (Wildman–Crippen MR) is 106 cm³/mol. The van der Waals surface area contributed by atoms with E-state index in [1.807, 2.05) is 0 Å². The van der Waals surface area contributed by atoms with Crippen molar-refractivity contribution in [2.45, 2.75) is 43.1 Å². The third-order valence-electron chi connectivity index (χ3n) is 4.82. The van der Waals surface area contributed by atoms with Crippen LogP contribution in [0.25, 0.3) is 0 Å². The Bertz CT molecular complexity index is 910. The van der Waals surface area contributed by atoms with E-state index in [-0.39, 0.29) is 35.9 Å². The highest BCUT2D eigenvalue weighted by Crippen LogP contribution is 2.26. The molecule has 1 heterocycles. The average molecular weight is 449 g/mol. The molecular weight excluding hydrogens is 420 g/mol. The first-order valence-corrected chi connectivity index (χ1v) is 12.4. The van der Waals surface area contributed by atoms with Gasteiger partial charge in [0.25, 0.3) is 0 Å². The molecular formula is C18H28N2O7S2. The summed E-state index contributed by atoms with van der Waals surface area (Å²) in [7, 11) is -7.71. The summed E-state index contributed by atoms with van der Waals surface area (Å²) in [6.45, 7) is 5.64. The molecule has 0 aliphatic carbocycles. The number of rotatable bonds is 8. The van der Waals surface area contributed by atoms with Gasteiger partial charge in [0.15, 0.2) is 0 Å². The van der Waals surface area contributed by atoms with Crippen LogP contribution in [-0.4, -0.2) is 75.4 Å². The van der Waals surface area contributed by atoms with Crippen LogP contribution in [0, 0.1) is 5.92 Å². The van der Waals surface area contributed by atoms with E-state index in [2.05, 4.69) is 0 Å². The summed E-state index contributed by atoms with van der Waals surface area (Å²) in [6, 6.07) is 4.96. The summed E-state index contributed by atoms with van der Waals surface area (Å²) >= 11 is 0. The van der Waals surface area contributed by atoms with Crippen molar-refractivity contribution in [3.05, 3.63) is 24.3 Å². The molecule has 1 aromatic rings. The van der Waals surface area contributed by atoms with Gasteiger partial charge in [0.1, 0.15) is 0 Å². The second-order valence-corrected chi connectivity index (χ2v) is 10.6.